The molecular weight excluding hydrogens is 126 g/mol. The van der Waals surface area contributed by atoms with Gasteiger partial charge in [0.2, 0.25) is 0 Å². The first-order valence-corrected chi connectivity index (χ1v) is 3.16. The Hall–Kier alpha value is -1.25. The molecule has 3 heteroatoms. The van der Waals surface area contributed by atoms with Crippen molar-refractivity contribution in [2.45, 2.75) is 0 Å². The molecule has 0 radical (unpaired) electrons. The van der Waals surface area contributed by atoms with Crippen molar-refractivity contribution in [2.24, 2.45) is 0 Å². The summed E-state index contributed by atoms with van der Waals surface area (Å²) in [5.74, 6) is 1.01. The number of H-pyrrole nitrogens is 1. The predicted molar refractivity (Wildman–Crippen MR) is 42.1 cm³/mol. The average molecular weight is 137 g/mol. The fourth-order valence-corrected chi connectivity index (χ4v) is 0.753. The molecule has 0 aliphatic rings. The van der Waals surface area contributed by atoms with Crippen molar-refractivity contribution in [1.29, 1.82) is 0 Å². The van der Waals surface area contributed by atoms with E-state index >= 15 is 0 Å². The van der Waals surface area contributed by atoms with E-state index in [-0.39, 0.29) is 0 Å². The van der Waals surface area contributed by atoms with E-state index in [0.717, 1.165) is 12.4 Å². The van der Waals surface area contributed by atoms with Crippen molar-refractivity contribution in [1.82, 2.24) is 10.2 Å². The minimum Gasteiger partial charge on any atom is -0.356 e. The van der Waals surface area contributed by atoms with E-state index in [0.29, 0.717) is 0 Å². The highest BCUT2D eigenvalue weighted by Crippen LogP contribution is 2.04. The van der Waals surface area contributed by atoms with Crippen LogP contribution in [0.3, 0.4) is 0 Å². The van der Waals surface area contributed by atoms with Gasteiger partial charge < -0.3 is 4.90 Å². The first-order valence-electron chi connectivity index (χ1n) is 3.16. The molecule has 3 nitrogen and oxygen atoms in total. The lowest BCUT2D eigenvalue weighted by Crippen LogP contribution is -2.16. The normalized spacial score (nSPS) is 9.30. The smallest absolute Gasteiger partial charge is 0.123 e. The third-order valence-corrected chi connectivity index (χ3v) is 1.30. The molecular formula is C7H11N3. The van der Waals surface area contributed by atoms with Gasteiger partial charge in [0.1, 0.15) is 5.82 Å². The summed E-state index contributed by atoms with van der Waals surface area (Å²) in [6, 6.07) is 1.92. The van der Waals surface area contributed by atoms with Gasteiger partial charge in [-0.2, -0.15) is 5.10 Å². The third kappa shape index (κ3) is 1.37. The van der Waals surface area contributed by atoms with Crippen molar-refractivity contribution in [3.63, 3.8) is 0 Å². The molecule has 0 bridgehead atoms. The van der Waals surface area contributed by atoms with Crippen molar-refractivity contribution in [3.05, 3.63) is 24.9 Å². The van der Waals surface area contributed by atoms with Gasteiger partial charge in [0.15, 0.2) is 0 Å². The number of nitrogens with one attached hydrogen (secondary N) is 1. The number of rotatable bonds is 3. The number of likely N-dealkylation sites (N-methyl/N-ethyl adjacent to an activating group) is 1. The number of anilines is 1. The minimum atomic E-state index is 0.836. The van der Waals surface area contributed by atoms with Gasteiger partial charge in [0, 0.05) is 19.7 Å². The Morgan fingerprint density at radius 3 is 3.20 bits per heavy atom. The molecule has 0 fully saturated rings. The molecule has 1 heterocycles. The number of nitrogens with zero attached hydrogens (tertiary/aromatic N) is 2. The molecule has 0 aliphatic heterocycles. The number of aromatic nitrogens is 2. The molecule has 0 unspecified atom stereocenters. The second kappa shape index (κ2) is 3.06. The maximum atomic E-state index is 3.82. The first-order chi connectivity index (χ1) is 4.84. The molecule has 0 spiro atoms. The molecule has 0 atom stereocenters. The quantitative estimate of drug-likeness (QED) is 0.631. The van der Waals surface area contributed by atoms with Crippen LogP contribution in [0.15, 0.2) is 24.9 Å². The summed E-state index contributed by atoms with van der Waals surface area (Å²) < 4.78 is 0. The third-order valence-electron chi connectivity index (χ3n) is 1.30. The van der Waals surface area contributed by atoms with Crippen LogP contribution in [0.4, 0.5) is 5.82 Å². The second-order valence-electron chi connectivity index (χ2n) is 2.11. The molecule has 1 N–H and O–H groups in total. The van der Waals surface area contributed by atoms with E-state index in [1.165, 1.54) is 0 Å². The van der Waals surface area contributed by atoms with Crippen LogP contribution in [0.2, 0.25) is 0 Å². The molecule has 10 heavy (non-hydrogen) atoms. The average Bonchev–Trinajstić information content (AvgIpc) is 2.38. The zero-order chi connectivity index (χ0) is 7.40. The van der Waals surface area contributed by atoms with Crippen molar-refractivity contribution >= 4 is 5.82 Å². The summed E-state index contributed by atoms with van der Waals surface area (Å²) in [4.78, 5) is 2.03. The summed E-state index contributed by atoms with van der Waals surface area (Å²) in [5, 5.41) is 6.67. The van der Waals surface area contributed by atoms with Crippen LogP contribution in [0, 0.1) is 0 Å². The molecule has 0 saturated heterocycles. The lowest BCUT2D eigenvalue weighted by molar-refractivity contribution is 0.964. The SMILES string of the molecule is C=CCN(C)c1ccn[nH]1. The van der Waals surface area contributed by atoms with Gasteiger partial charge in [-0.05, 0) is 0 Å². The summed E-state index contributed by atoms with van der Waals surface area (Å²) in [5.41, 5.74) is 0. The van der Waals surface area contributed by atoms with Crippen LogP contribution in [0.25, 0.3) is 0 Å². The highest BCUT2D eigenvalue weighted by atomic mass is 15.2. The Morgan fingerprint density at radius 2 is 2.70 bits per heavy atom. The van der Waals surface area contributed by atoms with Gasteiger partial charge >= 0.3 is 0 Å². The Kier molecular flexibility index (Phi) is 2.10. The summed E-state index contributed by atoms with van der Waals surface area (Å²) >= 11 is 0. The van der Waals surface area contributed by atoms with Crippen LogP contribution in [0.1, 0.15) is 0 Å². The summed E-state index contributed by atoms with van der Waals surface area (Å²) in [6.45, 7) is 4.47. The monoisotopic (exact) mass is 137 g/mol. The Bertz CT molecular complexity index is 191. The topological polar surface area (TPSA) is 31.9 Å². The van der Waals surface area contributed by atoms with Crippen molar-refractivity contribution in [3.8, 4) is 0 Å². The highest BCUT2D eigenvalue weighted by molar-refractivity contribution is 5.35. The fraction of sp³-hybridized carbons (Fsp3) is 0.286. The highest BCUT2D eigenvalue weighted by Gasteiger charge is 1.96. The Balaban J connectivity index is 2.58. The van der Waals surface area contributed by atoms with E-state index in [1.807, 2.05) is 24.1 Å². The Morgan fingerprint density at radius 1 is 1.90 bits per heavy atom. The second-order valence-corrected chi connectivity index (χ2v) is 2.11. The summed E-state index contributed by atoms with van der Waals surface area (Å²) in [6.07, 6.45) is 3.58. The van der Waals surface area contributed by atoms with Crippen LogP contribution >= 0.6 is 0 Å². The van der Waals surface area contributed by atoms with Gasteiger partial charge in [-0.25, -0.2) is 0 Å². The molecule has 0 aliphatic carbocycles. The van der Waals surface area contributed by atoms with Crippen LogP contribution < -0.4 is 4.90 Å². The molecule has 0 aromatic carbocycles. The van der Waals surface area contributed by atoms with Crippen LogP contribution in [-0.2, 0) is 0 Å². The number of hydrogen-bond donors (Lipinski definition) is 1. The lowest BCUT2D eigenvalue weighted by Gasteiger charge is -2.12. The molecule has 1 rings (SSSR count). The first kappa shape index (κ1) is 6.86. The van der Waals surface area contributed by atoms with Gasteiger partial charge in [0.05, 0.1) is 6.20 Å². The van der Waals surface area contributed by atoms with Gasteiger partial charge in [-0.1, -0.05) is 6.08 Å². The predicted octanol–water partition coefficient (Wildman–Crippen LogP) is 1.03. The van der Waals surface area contributed by atoms with Gasteiger partial charge in [-0.3, -0.25) is 5.10 Å². The van der Waals surface area contributed by atoms with E-state index in [1.54, 1.807) is 6.20 Å². The zero-order valence-electron chi connectivity index (χ0n) is 6.04. The van der Waals surface area contributed by atoms with Gasteiger partial charge in [-0.15, -0.1) is 6.58 Å². The lowest BCUT2D eigenvalue weighted by atomic mass is 10.5. The fourth-order valence-electron chi connectivity index (χ4n) is 0.753. The van der Waals surface area contributed by atoms with E-state index in [2.05, 4.69) is 16.8 Å². The molecule has 0 saturated carbocycles. The van der Waals surface area contributed by atoms with Crippen molar-refractivity contribution in [2.75, 3.05) is 18.5 Å². The van der Waals surface area contributed by atoms with Crippen LogP contribution in [-0.4, -0.2) is 23.8 Å². The van der Waals surface area contributed by atoms with E-state index < -0.39 is 0 Å². The minimum absolute atomic E-state index is 0.836. The molecule has 1 aromatic rings. The standard InChI is InChI=1S/C7H11N3/c1-3-6-10(2)7-4-5-8-9-7/h3-5H,1,6H2,2H3,(H,8,9). The number of aromatic amines is 1. The van der Waals surface area contributed by atoms with E-state index in [9.17, 15) is 0 Å². The molecule has 54 valence electrons. The molecule has 1 aromatic heterocycles. The Labute approximate surface area is 60.4 Å². The maximum Gasteiger partial charge on any atom is 0.123 e. The van der Waals surface area contributed by atoms with Crippen molar-refractivity contribution < 1.29 is 0 Å². The number of hydrogen-bond acceptors (Lipinski definition) is 2. The zero-order valence-corrected chi connectivity index (χ0v) is 6.04. The summed E-state index contributed by atoms with van der Waals surface area (Å²) in [7, 11) is 1.98. The van der Waals surface area contributed by atoms with Gasteiger partial charge in [0.25, 0.3) is 0 Å². The molecule has 0 amide bonds. The maximum absolute atomic E-state index is 3.82. The van der Waals surface area contributed by atoms with E-state index in [4.69, 9.17) is 0 Å². The van der Waals surface area contributed by atoms with Crippen LogP contribution in [0.5, 0.6) is 0 Å². The largest absolute Gasteiger partial charge is 0.356 e.